The number of esters is 1. The zero-order valence-corrected chi connectivity index (χ0v) is 26.3. The molecule has 3 amide bonds. The van der Waals surface area contributed by atoms with Crippen molar-refractivity contribution >= 4 is 63.6 Å². The van der Waals surface area contributed by atoms with Crippen LogP contribution in [-0.2, 0) is 14.3 Å². The van der Waals surface area contributed by atoms with Gasteiger partial charge in [0.25, 0.3) is 11.8 Å². The van der Waals surface area contributed by atoms with Gasteiger partial charge in [0, 0.05) is 33.2 Å². The van der Waals surface area contributed by atoms with E-state index in [1.165, 1.54) is 35.4 Å². The third-order valence-electron chi connectivity index (χ3n) is 6.43. The molecular formula is C35H29N3O6S2. The van der Waals surface area contributed by atoms with Gasteiger partial charge in [-0.25, -0.2) is 4.79 Å². The Hall–Kier alpha value is -5.39. The van der Waals surface area contributed by atoms with E-state index in [2.05, 4.69) is 16.0 Å². The third-order valence-corrected chi connectivity index (χ3v) is 8.32. The summed E-state index contributed by atoms with van der Waals surface area (Å²) >= 11 is 2.52. The van der Waals surface area contributed by atoms with Crippen molar-refractivity contribution in [2.24, 2.45) is 0 Å². The van der Waals surface area contributed by atoms with Gasteiger partial charge in [-0.2, -0.15) is 0 Å². The molecule has 3 N–H and O–H groups in total. The fraction of sp³-hybridized carbons (Fsp3) is 0.0857. The number of ether oxygens (including phenoxy) is 1. The molecule has 5 aromatic rings. The Balaban J connectivity index is 1.25. The van der Waals surface area contributed by atoms with E-state index in [-0.39, 0.29) is 24.0 Å². The molecule has 0 aliphatic heterocycles. The van der Waals surface area contributed by atoms with Crippen molar-refractivity contribution in [2.45, 2.75) is 11.8 Å². The first kappa shape index (κ1) is 32.0. The largest absolute Gasteiger partial charge is 0.465 e. The molecular weight excluding hydrogens is 623 g/mol. The Morgan fingerprint density at radius 2 is 1.65 bits per heavy atom. The molecule has 2 heterocycles. The van der Waals surface area contributed by atoms with Crippen LogP contribution in [0.5, 0.6) is 0 Å². The molecule has 0 aliphatic carbocycles. The second kappa shape index (κ2) is 15.6. The lowest BCUT2D eigenvalue weighted by Crippen LogP contribution is -2.30. The summed E-state index contributed by atoms with van der Waals surface area (Å²) in [5.74, 6) is -1.37. The fourth-order valence-electron chi connectivity index (χ4n) is 4.32. The minimum absolute atomic E-state index is 0.00976. The maximum Gasteiger partial charge on any atom is 0.341 e. The number of hydrogen-bond donors (Lipinski definition) is 3. The van der Waals surface area contributed by atoms with Crippen LogP contribution >= 0.6 is 23.1 Å². The van der Waals surface area contributed by atoms with Gasteiger partial charge in [0.1, 0.15) is 22.0 Å². The van der Waals surface area contributed by atoms with Crippen molar-refractivity contribution in [3.8, 4) is 11.1 Å². The van der Waals surface area contributed by atoms with Crippen LogP contribution in [0.25, 0.3) is 17.2 Å². The highest BCUT2D eigenvalue weighted by atomic mass is 32.2. The highest BCUT2D eigenvalue weighted by Gasteiger charge is 2.23. The molecule has 9 nitrogen and oxygen atoms in total. The van der Waals surface area contributed by atoms with Gasteiger partial charge >= 0.3 is 5.97 Å². The van der Waals surface area contributed by atoms with Gasteiger partial charge in [0.2, 0.25) is 5.91 Å². The lowest BCUT2D eigenvalue weighted by Gasteiger charge is -2.12. The summed E-state index contributed by atoms with van der Waals surface area (Å²) in [5, 5.41) is 10.6. The Kier molecular flexibility index (Phi) is 10.8. The number of furan rings is 1. The Bertz CT molecular complexity index is 1850. The number of carbonyl (C=O) groups excluding carboxylic acids is 4. The molecule has 0 spiro atoms. The molecule has 0 radical (unpaired) electrons. The monoisotopic (exact) mass is 651 g/mol. The normalized spacial score (nSPS) is 11.0. The standard InChI is InChI=1S/C35H29N3O6S2/c1-2-43-35(42)31-28(23-11-5-3-6-12-23)21-46-34(31)38-30(39)22-45-27-17-9-15-25(19-27)36-33(41)29(20-26-16-10-18-44-26)37-32(40)24-13-7-4-8-14-24/h3-21H,2,22H2,1H3,(H,36,41)(H,37,40)(H,38,39)/b29-20-. The molecule has 0 aliphatic rings. The topological polar surface area (TPSA) is 127 Å². The van der Waals surface area contributed by atoms with Crippen LogP contribution in [0.4, 0.5) is 10.7 Å². The molecule has 0 unspecified atom stereocenters. The second-order valence-electron chi connectivity index (χ2n) is 9.65. The van der Waals surface area contributed by atoms with Crippen LogP contribution in [0.1, 0.15) is 33.4 Å². The Labute approximate surface area is 273 Å². The number of rotatable bonds is 12. The van der Waals surface area contributed by atoms with Crippen molar-refractivity contribution in [3.05, 3.63) is 131 Å². The summed E-state index contributed by atoms with van der Waals surface area (Å²) in [6.45, 7) is 1.94. The van der Waals surface area contributed by atoms with Crippen LogP contribution in [0.15, 0.2) is 124 Å². The first-order valence-electron chi connectivity index (χ1n) is 14.2. The molecule has 0 bridgehead atoms. The zero-order valence-electron chi connectivity index (χ0n) is 24.6. The maximum absolute atomic E-state index is 13.3. The fourth-order valence-corrected chi connectivity index (χ4v) is 6.05. The van der Waals surface area contributed by atoms with E-state index in [1.54, 1.807) is 67.6 Å². The highest BCUT2D eigenvalue weighted by molar-refractivity contribution is 8.00. The lowest BCUT2D eigenvalue weighted by molar-refractivity contribution is -0.114. The number of carbonyl (C=O) groups is 4. The Morgan fingerprint density at radius 1 is 0.891 bits per heavy atom. The van der Waals surface area contributed by atoms with Crippen molar-refractivity contribution in [1.29, 1.82) is 0 Å². The first-order chi connectivity index (χ1) is 22.4. The summed E-state index contributed by atoms with van der Waals surface area (Å²) < 4.78 is 10.6. The molecule has 2 aromatic heterocycles. The van der Waals surface area contributed by atoms with E-state index in [0.717, 1.165) is 10.5 Å². The number of nitrogens with one attached hydrogen (secondary N) is 3. The molecule has 46 heavy (non-hydrogen) atoms. The lowest BCUT2D eigenvalue weighted by atomic mass is 10.0. The molecule has 232 valence electrons. The van der Waals surface area contributed by atoms with E-state index < -0.39 is 17.8 Å². The van der Waals surface area contributed by atoms with E-state index >= 15 is 0 Å². The van der Waals surface area contributed by atoms with Crippen LogP contribution in [0.2, 0.25) is 0 Å². The third kappa shape index (κ3) is 8.40. The van der Waals surface area contributed by atoms with Gasteiger partial charge < -0.3 is 25.1 Å². The van der Waals surface area contributed by atoms with Crippen LogP contribution < -0.4 is 16.0 Å². The molecule has 0 fully saturated rings. The van der Waals surface area contributed by atoms with Crippen molar-refractivity contribution in [1.82, 2.24) is 5.32 Å². The summed E-state index contributed by atoms with van der Waals surface area (Å²) in [7, 11) is 0. The molecule has 11 heteroatoms. The molecule has 0 atom stereocenters. The van der Waals surface area contributed by atoms with Crippen molar-refractivity contribution < 1.29 is 28.3 Å². The summed E-state index contributed by atoms with van der Waals surface area (Å²) in [4.78, 5) is 52.6. The maximum atomic E-state index is 13.3. The van der Waals surface area contributed by atoms with Gasteiger partial charge in [0.15, 0.2) is 0 Å². The van der Waals surface area contributed by atoms with E-state index in [1.807, 2.05) is 41.8 Å². The number of hydrogen-bond acceptors (Lipinski definition) is 8. The quantitative estimate of drug-likeness (QED) is 0.0733. The number of thioether (sulfide) groups is 1. The summed E-state index contributed by atoms with van der Waals surface area (Å²) in [5.41, 5.74) is 2.70. The predicted molar refractivity (Wildman–Crippen MR) is 181 cm³/mol. The number of amides is 3. The van der Waals surface area contributed by atoms with Gasteiger partial charge in [-0.15, -0.1) is 23.1 Å². The smallest absolute Gasteiger partial charge is 0.341 e. The number of benzene rings is 3. The minimum Gasteiger partial charge on any atom is -0.465 e. The van der Waals surface area contributed by atoms with Crippen LogP contribution in [0.3, 0.4) is 0 Å². The minimum atomic E-state index is -0.556. The van der Waals surface area contributed by atoms with E-state index in [0.29, 0.717) is 33.1 Å². The van der Waals surface area contributed by atoms with Gasteiger partial charge in [-0.05, 0) is 55.0 Å². The molecule has 0 saturated heterocycles. The first-order valence-corrected chi connectivity index (χ1v) is 16.1. The van der Waals surface area contributed by atoms with Gasteiger partial charge in [-0.1, -0.05) is 54.6 Å². The number of thiophene rings is 1. The van der Waals surface area contributed by atoms with E-state index in [4.69, 9.17) is 9.15 Å². The zero-order chi connectivity index (χ0) is 32.3. The molecule has 5 rings (SSSR count). The van der Waals surface area contributed by atoms with E-state index in [9.17, 15) is 19.2 Å². The summed E-state index contributed by atoms with van der Waals surface area (Å²) in [6.07, 6.45) is 2.91. The second-order valence-corrected chi connectivity index (χ2v) is 11.6. The van der Waals surface area contributed by atoms with Crippen molar-refractivity contribution in [3.63, 3.8) is 0 Å². The van der Waals surface area contributed by atoms with Crippen LogP contribution in [0, 0.1) is 0 Å². The average Bonchev–Trinajstić information content (AvgIpc) is 3.75. The average molecular weight is 652 g/mol. The van der Waals surface area contributed by atoms with Crippen LogP contribution in [-0.4, -0.2) is 36.1 Å². The number of anilines is 2. The SMILES string of the molecule is CCOC(=O)c1c(-c2ccccc2)csc1NC(=O)CSc1cccc(NC(=O)/C(=C/c2ccco2)NC(=O)c2ccccc2)c1. The predicted octanol–water partition coefficient (Wildman–Crippen LogP) is 7.33. The van der Waals surface area contributed by atoms with Crippen molar-refractivity contribution in [2.75, 3.05) is 23.0 Å². The van der Waals surface area contributed by atoms with Gasteiger partial charge in [0.05, 0.1) is 18.6 Å². The summed E-state index contributed by atoms with van der Waals surface area (Å²) in [6, 6.07) is 28.3. The Morgan fingerprint density at radius 3 is 2.37 bits per heavy atom. The molecule has 3 aromatic carbocycles. The highest BCUT2D eigenvalue weighted by Crippen LogP contribution is 2.36. The van der Waals surface area contributed by atoms with Gasteiger partial charge in [-0.3, -0.25) is 14.4 Å². The molecule has 0 saturated carbocycles.